The van der Waals surface area contributed by atoms with Gasteiger partial charge in [-0.15, -0.1) is 0 Å². The van der Waals surface area contributed by atoms with E-state index in [1.54, 1.807) is 14.1 Å². The van der Waals surface area contributed by atoms with Crippen molar-refractivity contribution in [1.29, 1.82) is 0 Å². The molecule has 0 atom stereocenters. The minimum atomic E-state index is 0.529. The average Bonchev–Trinajstić information content (AvgIpc) is 2.93. The van der Waals surface area contributed by atoms with Gasteiger partial charge in [-0.2, -0.15) is 15.0 Å². The van der Waals surface area contributed by atoms with Crippen LogP contribution in [-0.2, 0) is 13.0 Å². The van der Waals surface area contributed by atoms with Crippen LogP contribution in [0.4, 0.5) is 17.8 Å². The number of hydrogen-bond acceptors (Lipinski definition) is 6. The molecule has 0 spiro atoms. The van der Waals surface area contributed by atoms with Gasteiger partial charge in [0.15, 0.2) is 0 Å². The van der Waals surface area contributed by atoms with Crippen LogP contribution in [0.15, 0.2) is 18.2 Å². The molecule has 0 saturated carbocycles. The third-order valence-corrected chi connectivity index (χ3v) is 4.07. The number of aromatic amines is 1. The van der Waals surface area contributed by atoms with Gasteiger partial charge in [0.05, 0.1) is 0 Å². The number of fused-ring (bicyclic) bond motifs is 1. The number of aryl methyl sites for hydroxylation is 2. The number of hydrogen-bond donors (Lipinski definition) is 4. The molecular formula is C17H23N7. The van der Waals surface area contributed by atoms with E-state index in [0.717, 1.165) is 6.42 Å². The first-order chi connectivity index (χ1) is 11.6. The van der Waals surface area contributed by atoms with Crippen LogP contribution >= 0.6 is 0 Å². The van der Waals surface area contributed by atoms with Crippen LogP contribution in [0, 0.1) is 6.92 Å². The van der Waals surface area contributed by atoms with Gasteiger partial charge in [-0.3, -0.25) is 0 Å². The number of aromatic nitrogens is 4. The Kier molecular flexibility index (Phi) is 4.50. The fourth-order valence-corrected chi connectivity index (χ4v) is 2.85. The molecule has 0 saturated heterocycles. The van der Waals surface area contributed by atoms with E-state index in [1.165, 1.54) is 27.7 Å². The summed E-state index contributed by atoms with van der Waals surface area (Å²) in [7, 11) is 3.57. The molecule has 126 valence electrons. The van der Waals surface area contributed by atoms with Crippen molar-refractivity contribution in [3.05, 3.63) is 35.0 Å². The van der Waals surface area contributed by atoms with Gasteiger partial charge in [-0.05, 0) is 36.6 Å². The number of nitrogens with one attached hydrogen (secondary N) is 4. The van der Waals surface area contributed by atoms with E-state index in [0.29, 0.717) is 24.4 Å². The van der Waals surface area contributed by atoms with Crippen LogP contribution in [-0.4, -0.2) is 34.0 Å². The minimum Gasteiger partial charge on any atom is -0.358 e. The lowest BCUT2D eigenvalue weighted by atomic mass is 10.1. The van der Waals surface area contributed by atoms with Crippen molar-refractivity contribution in [2.24, 2.45) is 0 Å². The Morgan fingerprint density at radius 2 is 1.67 bits per heavy atom. The van der Waals surface area contributed by atoms with Crippen molar-refractivity contribution in [2.45, 2.75) is 26.8 Å². The van der Waals surface area contributed by atoms with Gasteiger partial charge < -0.3 is 20.9 Å². The number of nitrogens with zero attached hydrogens (tertiary/aromatic N) is 3. The molecule has 0 amide bonds. The molecule has 0 aliphatic rings. The van der Waals surface area contributed by atoms with Gasteiger partial charge >= 0.3 is 0 Å². The van der Waals surface area contributed by atoms with Crippen LogP contribution in [0.25, 0.3) is 10.9 Å². The predicted octanol–water partition coefficient (Wildman–Crippen LogP) is 2.92. The normalized spacial score (nSPS) is 10.8. The summed E-state index contributed by atoms with van der Waals surface area (Å²) in [5, 5.41) is 10.4. The fraction of sp³-hybridized carbons (Fsp3) is 0.353. The Bertz CT molecular complexity index is 831. The number of anilines is 3. The Hall–Kier alpha value is -2.83. The molecule has 7 nitrogen and oxygen atoms in total. The second kappa shape index (κ2) is 6.74. The molecule has 2 aromatic heterocycles. The second-order valence-corrected chi connectivity index (χ2v) is 5.62. The van der Waals surface area contributed by atoms with Gasteiger partial charge in [0.1, 0.15) is 0 Å². The highest BCUT2D eigenvalue weighted by atomic mass is 15.3. The highest BCUT2D eigenvalue weighted by Crippen LogP contribution is 2.24. The predicted molar refractivity (Wildman–Crippen MR) is 98.7 cm³/mol. The van der Waals surface area contributed by atoms with Crippen molar-refractivity contribution in [2.75, 3.05) is 30.0 Å². The zero-order valence-electron chi connectivity index (χ0n) is 14.5. The zero-order chi connectivity index (χ0) is 17.1. The van der Waals surface area contributed by atoms with Crippen molar-refractivity contribution in [1.82, 2.24) is 19.9 Å². The van der Waals surface area contributed by atoms with Gasteiger partial charge in [0, 0.05) is 37.2 Å². The number of H-pyrrole nitrogens is 1. The summed E-state index contributed by atoms with van der Waals surface area (Å²) in [4.78, 5) is 16.3. The quantitative estimate of drug-likeness (QED) is 0.557. The van der Waals surface area contributed by atoms with E-state index in [9.17, 15) is 0 Å². The van der Waals surface area contributed by atoms with Crippen molar-refractivity contribution >= 4 is 28.7 Å². The molecule has 0 bridgehead atoms. The summed E-state index contributed by atoms with van der Waals surface area (Å²) < 4.78 is 0. The first-order valence-corrected chi connectivity index (χ1v) is 8.10. The molecule has 0 unspecified atom stereocenters. The highest BCUT2D eigenvalue weighted by Gasteiger charge is 2.08. The molecule has 24 heavy (non-hydrogen) atoms. The molecule has 0 aliphatic carbocycles. The van der Waals surface area contributed by atoms with Gasteiger partial charge in [0.25, 0.3) is 0 Å². The SMILES string of the molecule is CCc1c(C)[nH]c2ccc(CNc3nc(NC)nc(NC)n3)cc12. The number of benzene rings is 1. The van der Waals surface area contributed by atoms with E-state index >= 15 is 0 Å². The average molecular weight is 325 g/mol. The van der Waals surface area contributed by atoms with Gasteiger partial charge in [-0.1, -0.05) is 13.0 Å². The van der Waals surface area contributed by atoms with Crippen molar-refractivity contribution < 1.29 is 0 Å². The second-order valence-electron chi connectivity index (χ2n) is 5.62. The number of rotatable bonds is 6. The molecule has 3 aromatic rings. The smallest absolute Gasteiger partial charge is 0.229 e. The molecule has 1 aromatic carbocycles. The van der Waals surface area contributed by atoms with E-state index in [4.69, 9.17) is 0 Å². The van der Waals surface area contributed by atoms with Crippen molar-refractivity contribution in [3.63, 3.8) is 0 Å². The summed E-state index contributed by atoms with van der Waals surface area (Å²) in [6, 6.07) is 6.47. The van der Waals surface area contributed by atoms with Gasteiger partial charge in [0.2, 0.25) is 17.8 Å². The molecule has 4 N–H and O–H groups in total. The third-order valence-electron chi connectivity index (χ3n) is 4.07. The molecule has 3 rings (SSSR count). The Morgan fingerprint density at radius 1 is 1.00 bits per heavy atom. The Balaban J connectivity index is 1.83. The first-order valence-electron chi connectivity index (χ1n) is 8.10. The maximum atomic E-state index is 4.32. The summed E-state index contributed by atoms with van der Waals surface area (Å²) >= 11 is 0. The lowest BCUT2D eigenvalue weighted by molar-refractivity contribution is 1.00. The van der Waals surface area contributed by atoms with Gasteiger partial charge in [-0.25, -0.2) is 0 Å². The van der Waals surface area contributed by atoms with E-state index in [1.807, 2.05) is 0 Å². The van der Waals surface area contributed by atoms with Crippen molar-refractivity contribution in [3.8, 4) is 0 Å². The topological polar surface area (TPSA) is 90.5 Å². The van der Waals surface area contributed by atoms with Crippen LogP contribution in [0.5, 0.6) is 0 Å². The molecule has 0 aliphatic heterocycles. The lowest BCUT2D eigenvalue weighted by Gasteiger charge is -2.08. The van der Waals surface area contributed by atoms with E-state index < -0.39 is 0 Å². The largest absolute Gasteiger partial charge is 0.358 e. The Morgan fingerprint density at radius 3 is 2.29 bits per heavy atom. The Labute approximate surface area is 141 Å². The standard InChI is InChI=1S/C17H23N7/c1-5-12-10(2)21-14-7-6-11(8-13(12)14)9-20-17-23-15(18-3)22-16(19-4)24-17/h6-8,21H,5,9H2,1-4H3,(H3,18,19,20,22,23,24). The molecule has 2 heterocycles. The summed E-state index contributed by atoms with van der Waals surface area (Å²) in [5.74, 6) is 1.60. The first kappa shape index (κ1) is 16.0. The van der Waals surface area contributed by atoms with E-state index in [-0.39, 0.29) is 0 Å². The zero-order valence-corrected chi connectivity index (χ0v) is 14.5. The third kappa shape index (κ3) is 3.10. The highest BCUT2D eigenvalue weighted by molar-refractivity contribution is 5.85. The van der Waals surface area contributed by atoms with Crippen LogP contribution in [0.2, 0.25) is 0 Å². The monoisotopic (exact) mass is 325 g/mol. The van der Waals surface area contributed by atoms with E-state index in [2.05, 4.69) is 67.9 Å². The maximum Gasteiger partial charge on any atom is 0.229 e. The van der Waals surface area contributed by atoms with Crippen LogP contribution in [0.3, 0.4) is 0 Å². The van der Waals surface area contributed by atoms with Crippen LogP contribution < -0.4 is 16.0 Å². The summed E-state index contributed by atoms with van der Waals surface area (Å²) in [5.41, 5.74) is 4.99. The molecule has 7 heteroatoms. The van der Waals surface area contributed by atoms with Crippen LogP contribution in [0.1, 0.15) is 23.7 Å². The lowest BCUT2D eigenvalue weighted by Crippen LogP contribution is -2.09. The molecule has 0 radical (unpaired) electrons. The summed E-state index contributed by atoms with van der Waals surface area (Å²) in [6.07, 6.45) is 1.02. The maximum absolute atomic E-state index is 4.32. The minimum absolute atomic E-state index is 0.529. The molecular weight excluding hydrogens is 302 g/mol. The fourth-order valence-electron chi connectivity index (χ4n) is 2.85. The summed E-state index contributed by atoms with van der Waals surface area (Å²) in [6.45, 7) is 4.96. The molecule has 0 fully saturated rings.